The number of amides is 2. The number of carbonyl (C=O) groups excluding carboxylic acids is 1. The highest BCUT2D eigenvalue weighted by molar-refractivity contribution is 5.74. The van der Waals surface area contributed by atoms with Gasteiger partial charge in [0.1, 0.15) is 0 Å². The van der Waals surface area contributed by atoms with Crippen molar-refractivity contribution in [2.75, 3.05) is 13.1 Å². The Labute approximate surface area is 133 Å². The van der Waals surface area contributed by atoms with Crippen LogP contribution in [-0.4, -0.2) is 53.4 Å². The number of aliphatic hydroxyl groups is 1. The lowest BCUT2D eigenvalue weighted by atomic mass is 9.73. The Morgan fingerprint density at radius 3 is 2.77 bits per heavy atom. The van der Waals surface area contributed by atoms with Gasteiger partial charge in [0.25, 0.3) is 0 Å². The van der Waals surface area contributed by atoms with Crippen LogP contribution in [0.5, 0.6) is 0 Å². The molecule has 0 aromatic heterocycles. The normalized spacial score (nSPS) is 39.7. The molecular formula is C17H31N3O2. The molecule has 4 atom stereocenters. The van der Waals surface area contributed by atoms with E-state index in [1.165, 1.54) is 12.8 Å². The van der Waals surface area contributed by atoms with Crippen molar-refractivity contribution in [3.05, 3.63) is 0 Å². The highest BCUT2D eigenvalue weighted by Crippen LogP contribution is 2.35. The molecule has 0 radical (unpaired) electrons. The van der Waals surface area contributed by atoms with Crippen molar-refractivity contribution in [1.82, 2.24) is 15.5 Å². The Morgan fingerprint density at radius 1 is 1.32 bits per heavy atom. The molecule has 4 unspecified atom stereocenters. The van der Waals surface area contributed by atoms with Crippen molar-refractivity contribution >= 4 is 6.03 Å². The molecule has 1 aliphatic heterocycles. The van der Waals surface area contributed by atoms with Gasteiger partial charge in [0, 0.05) is 36.6 Å². The van der Waals surface area contributed by atoms with Gasteiger partial charge in [0.2, 0.25) is 0 Å². The summed E-state index contributed by atoms with van der Waals surface area (Å²) in [6, 6.07) is 1.53. The van der Waals surface area contributed by atoms with Gasteiger partial charge < -0.3 is 15.7 Å². The summed E-state index contributed by atoms with van der Waals surface area (Å²) in [4.78, 5) is 14.7. The minimum atomic E-state index is -0.293. The topological polar surface area (TPSA) is 64.6 Å². The molecule has 0 aromatic carbocycles. The standard InChI is InChI=1S/C17H31N3O2/c1-12-9-13(10-20(12)14-6-7-14)19-16(22)18-11-17(2)8-4-3-5-15(17)21/h12-15,21H,3-11H2,1-2H3,(H2,18,19,22). The molecule has 0 bridgehead atoms. The predicted molar refractivity (Wildman–Crippen MR) is 86.7 cm³/mol. The lowest BCUT2D eigenvalue weighted by Crippen LogP contribution is -2.50. The molecule has 0 aromatic rings. The van der Waals surface area contributed by atoms with Crippen LogP contribution in [0.15, 0.2) is 0 Å². The molecule has 2 aliphatic carbocycles. The second-order valence-electron chi connectivity index (χ2n) is 7.95. The van der Waals surface area contributed by atoms with Crippen LogP contribution in [0.2, 0.25) is 0 Å². The van der Waals surface area contributed by atoms with E-state index in [0.717, 1.165) is 44.7 Å². The summed E-state index contributed by atoms with van der Waals surface area (Å²) in [6.07, 6.45) is 7.48. The summed E-state index contributed by atoms with van der Waals surface area (Å²) < 4.78 is 0. The van der Waals surface area contributed by atoms with Crippen molar-refractivity contribution in [3.8, 4) is 0 Å². The minimum absolute atomic E-state index is 0.0751. The fourth-order valence-corrected chi connectivity index (χ4v) is 4.18. The van der Waals surface area contributed by atoms with E-state index in [2.05, 4.69) is 29.4 Å². The number of likely N-dealkylation sites (tertiary alicyclic amines) is 1. The van der Waals surface area contributed by atoms with E-state index in [1.54, 1.807) is 0 Å². The van der Waals surface area contributed by atoms with Gasteiger partial charge in [0.15, 0.2) is 0 Å². The van der Waals surface area contributed by atoms with Gasteiger partial charge >= 0.3 is 6.03 Å². The number of rotatable bonds is 4. The van der Waals surface area contributed by atoms with Crippen LogP contribution in [0, 0.1) is 5.41 Å². The molecule has 5 nitrogen and oxygen atoms in total. The van der Waals surface area contributed by atoms with Gasteiger partial charge in [-0.1, -0.05) is 19.8 Å². The first kappa shape index (κ1) is 16.1. The van der Waals surface area contributed by atoms with Crippen LogP contribution in [-0.2, 0) is 0 Å². The van der Waals surface area contributed by atoms with E-state index in [0.29, 0.717) is 12.6 Å². The zero-order valence-electron chi connectivity index (χ0n) is 14.0. The van der Waals surface area contributed by atoms with Gasteiger partial charge in [-0.2, -0.15) is 0 Å². The third kappa shape index (κ3) is 3.57. The summed E-state index contributed by atoms with van der Waals surface area (Å²) in [5.41, 5.74) is -0.168. The molecular weight excluding hydrogens is 278 g/mol. The Balaban J connectivity index is 1.43. The molecule has 3 aliphatic rings. The molecule has 0 spiro atoms. The lowest BCUT2D eigenvalue weighted by molar-refractivity contribution is 0.00305. The molecule has 22 heavy (non-hydrogen) atoms. The highest BCUT2D eigenvalue weighted by Gasteiger charge is 2.39. The Kier molecular flexibility index (Phi) is 4.64. The number of hydrogen-bond donors (Lipinski definition) is 3. The molecule has 3 N–H and O–H groups in total. The van der Waals surface area contributed by atoms with Crippen LogP contribution in [0.25, 0.3) is 0 Å². The third-order valence-corrected chi connectivity index (χ3v) is 5.91. The summed E-state index contributed by atoms with van der Waals surface area (Å²) >= 11 is 0. The van der Waals surface area contributed by atoms with Crippen molar-refractivity contribution in [1.29, 1.82) is 0 Å². The van der Waals surface area contributed by atoms with Gasteiger partial charge in [-0.3, -0.25) is 4.90 Å². The lowest BCUT2D eigenvalue weighted by Gasteiger charge is -2.38. The van der Waals surface area contributed by atoms with Crippen LogP contribution in [0.1, 0.15) is 58.8 Å². The molecule has 3 rings (SSSR count). The minimum Gasteiger partial charge on any atom is -0.392 e. The van der Waals surface area contributed by atoms with E-state index in [9.17, 15) is 9.90 Å². The first-order valence-corrected chi connectivity index (χ1v) is 8.96. The van der Waals surface area contributed by atoms with Crippen LogP contribution >= 0.6 is 0 Å². The smallest absolute Gasteiger partial charge is 0.315 e. The predicted octanol–water partition coefficient (Wildman–Crippen LogP) is 1.85. The first-order chi connectivity index (χ1) is 10.5. The van der Waals surface area contributed by atoms with Gasteiger partial charge in [0.05, 0.1) is 6.10 Å². The number of carbonyl (C=O) groups is 1. The van der Waals surface area contributed by atoms with Crippen LogP contribution in [0.4, 0.5) is 4.79 Å². The van der Waals surface area contributed by atoms with Crippen LogP contribution < -0.4 is 10.6 Å². The zero-order valence-corrected chi connectivity index (χ0v) is 14.0. The Hall–Kier alpha value is -0.810. The van der Waals surface area contributed by atoms with Crippen molar-refractivity contribution < 1.29 is 9.90 Å². The summed E-state index contributed by atoms with van der Waals surface area (Å²) in [7, 11) is 0. The largest absolute Gasteiger partial charge is 0.392 e. The van der Waals surface area contributed by atoms with Crippen molar-refractivity contribution in [2.24, 2.45) is 5.41 Å². The summed E-state index contributed by atoms with van der Waals surface area (Å²) in [5.74, 6) is 0. The molecule has 3 fully saturated rings. The summed E-state index contributed by atoms with van der Waals surface area (Å²) in [6.45, 7) is 5.90. The van der Waals surface area contributed by atoms with Gasteiger partial charge in [-0.05, 0) is 39.0 Å². The fraction of sp³-hybridized carbons (Fsp3) is 0.941. The monoisotopic (exact) mass is 309 g/mol. The van der Waals surface area contributed by atoms with E-state index in [4.69, 9.17) is 0 Å². The molecule has 2 amide bonds. The molecule has 1 heterocycles. The van der Waals surface area contributed by atoms with E-state index < -0.39 is 0 Å². The molecule has 5 heteroatoms. The number of nitrogens with one attached hydrogen (secondary N) is 2. The maximum atomic E-state index is 12.2. The van der Waals surface area contributed by atoms with E-state index in [1.807, 2.05) is 0 Å². The molecule has 126 valence electrons. The van der Waals surface area contributed by atoms with Crippen molar-refractivity contribution in [2.45, 2.75) is 83.0 Å². The molecule has 1 saturated heterocycles. The maximum absolute atomic E-state index is 12.2. The maximum Gasteiger partial charge on any atom is 0.315 e. The number of nitrogens with zero attached hydrogens (tertiary/aromatic N) is 1. The van der Waals surface area contributed by atoms with Gasteiger partial charge in [-0.15, -0.1) is 0 Å². The third-order valence-electron chi connectivity index (χ3n) is 5.91. The highest BCUT2D eigenvalue weighted by atomic mass is 16.3. The number of hydrogen-bond acceptors (Lipinski definition) is 3. The summed E-state index contributed by atoms with van der Waals surface area (Å²) in [5, 5.41) is 16.3. The average molecular weight is 309 g/mol. The Bertz CT molecular complexity index is 413. The van der Waals surface area contributed by atoms with Gasteiger partial charge in [-0.25, -0.2) is 4.79 Å². The molecule has 2 saturated carbocycles. The average Bonchev–Trinajstić information content (AvgIpc) is 3.25. The van der Waals surface area contributed by atoms with Crippen LogP contribution in [0.3, 0.4) is 0 Å². The van der Waals surface area contributed by atoms with E-state index >= 15 is 0 Å². The number of aliphatic hydroxyl groups excluding tert-OH is 1. The quantitative estimate of drug-likeness (QED) is 0.742. The zero-order chi connectivity index (χ0) is 15.7. The fourth-order valence-electron chi connectivity index (χ4n) is 4.18. The SMILES string of the molecule is CC1CC(NC(=O)NCC2(C)CCCCC2O)CN1C1CC1. The van der Waals surface area contributed by atoms with E-state index in [-0.39, 0.29) is 23.6 Å². The second kappa shape index (κ2) is 6.36. The Morgan fingerprint density at radius 2 is 2.09 bits per heavy atom. The first-order valence-electron chi connectivity index (χ1n) is 8.96. The second-order valence-corrected chi connectivity index (χ2v) is 7.95. The number of urea groups is 1. The van der Waals surface area contributed by atoms with Crippen molar-refractivity contribution in [3.63, 3.8) is 0 Å².